The van der Waals surface area contributed by atoms with Gasteiger partial charge in [0, 0.05) is 11.8 Å². The predicted molar refractivity (Wildman–Crippen MR) is 72.7 cm³/mol. The van der Waals surface area contributed by atoms with Gasteiger partial charge in [-0.1, -0.05) is 6.92 Å². The Bertz CT molecular complexity index is 535. The van der Waals surface area contributed by atoms with Crippen molar-refractivity contribution in [1.82, 2.24) is 0 Å². The van der Waals surface area contributed by atoms with Crippen LogP contribution in [0.3, 0.4) is 0 Å². The highest BCUT2D eigenvalue weighted by Gasteiger charge is 2.68. The molecule has 5 heteroatoms. The minimum atomic E-state index is -0.989. The number of hydrogen-bond donors (Lipinski definition) is 0. The number of carbonyl (C=O) groups is 2. The molecule has 0 aromatic heterocycles. The van der Waals surface area contributed by atoms with Gasteiger partial charge in [-0.2, -0.15) is 5.26 Å². The van der Waals surface area contributed by atoms with Gasteiger partial charge < -0.3 is 9.47 Å². The van der Waals surface area contributed by atoms with E-state index in [1.54, 1.807) is 0 Å². The first kappa shape index (κ1) is 14.4. The van der Waals surface area contributed by atoms with Gasteiger partial charge >= 0.3 is 11.9 Å². The van der Waals surface area contributed by atoms with E-state index in [1.165, 1.54) is 0 Å². The van der Waals surface area contributed by atoms with E-state index in [-0.39, 0.29) is 23.9 Å². The zero-order valence-corrected chi connectivity index (χ0v) is 12.7. The van der Waals surface area contributed by atoms with Crippen LogP contribution in [0.5, 0.6) is 0 Å². The zero-order valence-electron chi connectivity index (χ0n) is 12.7. The van der Waals surface area contributed by atoms with Crippen LogP contribution in [-0.2, 0) is 19.1 Å². The van der Waals surface area contributed by atoms with E-state index in [4.69, 9.17) is 9.47 Å². The molecule has 0 N–H and O–H groups in total. The number of ether oxygens (including phenoxy) is 2. The molecule has 3 saturated carbocycles. The first-order valence-electron chi connectivity index (χ1n) is 7.69. The van der Waals surface area contributed by atoms with Crippen molar-refractivity contribution in [2.75, 3.05) is 0 Å². The third-order valence-electron chi connectivity index (χ3n) is 5.74. The van der Waals surface area contributed by atoms with Gasteiger partial charge in [0.15, 0.2) is 5.41 Å². The molecule has 5 unspecified atom stereocenters. The molecule has 5 atom stereocenters. The second kappa shape index (κ2) is 4.46. The lowest BCUT2D eigenvalue weighted by Gasteiger charge is -2.47. The summed E-state index contributed by atoms with van der Waals surface area (Å²) >= 11 is 0. The van der Waals surface area contributed by atoms with Gasteiger partial charge in [0.1, 0.15) is 12.2 Å². The number of nitrogens with zero attached hydrogens (tertiary/aromatic N) is 1. The molecule has 1 heterocycles. The van der Waals surface area contributed by atoms with E-state index in [9.17, 15) is 14.9 Å². The van der Waals surface area contributed by atoms with Crippen LogP contribution in [-0.4, -0.2) is 24.1 Å². The van der Waals surface area contributed by atoms with Crippen molar-refractivity contribution >= 4 is 11.9 Å². The van der Waals surface area contributed by atoms with Gasteiger partial charge in [-0.25, -0.2) is 0 Å². The lowest BCUT2D eigenvalue weighted by molar-refractivity contribution is -0.182. The van der Waals surface area contributed by atoms with Crippen molar-refractivity contribution in [3.8, 4) is 6.07 Å². The summed E-state index contributed by atoms with van der Waals surface area (Å²) in [6, 6.07) is 2.19. The molecule has 5 nitrogen and oxygen atoms in total. The third-order valence-corrected chi connectivity index (χ3v) is 5.74. The molecule has 4 aliphatic rings. The molecule has 4 rings (SSSR count). The molecule has 21 heavy (non-hydrogen) atoms. The Morgan fingerprint density at radius 2 is 2.24 bits per heavy atom. The van der Waals surface area contributed by atoms with Crippen LogP contribution in [0.15, 0.2) is 0 Å². The molecular formula is C16H21NO4. The molecule has 0 aromatic carbocycles. The SMILES string of the molecule is CCC(C)(C)C(=O)OC1C2CCC3C1OC(=O)C3(C#N)C2. The Balaban J connectivity index is 1.84. The van der Waals surface area contributed by atoms with Crippen LogP contribution < -0.4 is 0 Å². The highest BCUT2D eigenvalue weighted by atomic mass is 16.6. The van der Waals surface area contributed by atoms with Crippen LogP contribution in [0.2, 0.25) is 0 Å². The topological polar surface area (TPSA) is 76.4 Å². The molecule has 4 fully saturated rings. The van der Waals surface area contributed by atoms with Gasteiger partial charge in [0.2, 0.25) is 0 Å². The average Bonchev–Trinajstić information content (AvgIpc) is 2.72. The highest BCUT2D eigenvalue weighted by Crippen LogP contribution is 2.59. The van der Waals surface area contributed by atoms with Crippen LogP contribution in [0.25, 0.3) is 0 Å². The monoisotopic (exact) mass is 291 g/mol. The van der Waals surface area contributed by atoms with Crippen molar-refractivity contribution in [3.63, 3.8) is 0 Å². The number of carbonyl (C=O) groups excluding carboxylic acids is 2. The van der Waals surface area contributed by atoms with E-state index in [0.29, 0.717) is 12.8 Å². The van der Waals surface area contributed by atoms with Crippen molar-refractivity contribution in [2.24, 2.45) is 22.7 Å². The Hall–Kier alpha value is -1.57. The van der Waals surface area contributed by atoms with Gasteiger partial charge in [-0.15, -0.1) is 0 Å². The molecule has 0 spiro atoms. The van der Waals surface area contributed by atoms with Gasteiger partial charge in [-0.3, -0.25) is 9.59 Å². The van der Waals surface area contributed by atoms with E-state index in [2.05, 4.69) is 6.07 Å². The van der Waals surface area contributed by atoms with Crippen LogP contribution in [0.1, 0.15) is 46.5 Å². The maximum absolute atomic E-state index is 12.3. The summed E-state index contributed by atoms with van der Waals surface area (Å²) in [7, 11) is 0. The molecule has 0 aromatic rings. The smallest absolute Gasteiger partial charge is 0.327 e. The van der Waals surface area contributed by atoms with Gasteiger partial charge in [0.05, 0.1) is 11.5 Å². The molecular weight excluding hydrogens is 270 g/mol. The molecule has 114 valence electrons. The Kier molecular flexibility index (Phi) is 3.05. The van der Waals surface area contributed by atoms with Crippen molar-refractivity contribution in [2.45, 2.75) is 58.7 Å². The van der Waals surface area contributed by atoms with Crippen LogP contribution in [0, 0.1) is 34.0 Å². The minimum Gasteiger partial charge on any atom is -0.458 e. The summed E-state index contributed by atoms with van der Waals surface area (Å²) < 4.78 is 11.2. The molecule has 1 saturated heterocycles. The number of rotatable bonds is 3. The summed E-state index contributed by atoms with van der Waals surface area (Å²) in [6.07, 6.45) is 2.05. The summed E-state index contributed by atoms with van der Waals surface area (Å²) in [4.78, 5) is 24.4. The quantitative estimate of drug-likeness (QED) is 0.745. The Labute approximate surface area is 124 Å². The average molecular weight is 291 g/mol. The lowest BCUT2D eigenvalue weighted by Crippen LogP contribution is -2.54. The second-order valence-corrected chi connectivity index (χ2v) is 7.21. The van der Waals surface area contributed by atoms with E-state index in [1.807, 2.05) is 20.8 Å². The van der Waals surface area contributed by atoms with Crippen molar-refractivity contribution < 1.29 is 19.1 Å². The van der Waals surface area contributed by atoms with Crippen LogP contribution >= 0.6 is 0 Å². The highest BCUT2D eigenvalue weighted by molar-refractivity contribution is 5.84. The maximum atomic E-state index is 12.3. The summed E-state index contributed by atoms with van der Waals surface area (Å²) in [6.45, 7) is 5.66. The number of hydrogen-bond acceptors (Lipinski definition) is 5. The lowest BCUT2D eigenvalue weighted by atomic mass is 9.56. The molecule has 3 aliphatic carbocycles. The normalized spacial score (nSPS) is 40.6. The fraction of sp³-hybridized carbons (Fsp3) is 0.812. The van der Waals surface area contributed by atoms with E-state index in [0.717, 1.165) is 12.8 Å². The first-order valence-corrected chi connectivity index (χ1v) is 7.69. The van der Waals surface area contributed by atoms with E-state index >= 15 is 0 Å². The van der Waals surface area contributed by atoms with E-state index < -0.39 is 22.9 Å². The summed E-state index contributed by atoms with van der Waals surface area (Å²) in [5.74, 6) is -0.726. The van der Waals surface area contributed by atoms with Crippen LogP contribution in [0.4, 0.5) is 0 Å². The zero-order chi connectivity index (χ0) is 15.4. The minimum absolute atomic E-state index is 0.0581. The number of esters is 2. The second-order valence-electron chi connectivity index (χ2n) is 7.21. The Morgan fingerprint density at radius 1 is 1.52 bits per heavy atom. The molecule has 4 bridgehead atoms. The number of nitriles is 1. The molecule has 0 amide bonds. The fourth-order valence-corrected chi connectivity index (χ4v) is 3.91. The molecule has 0 radical (unpaired) electrons. The standard InChI is InChI=1S/C16H21NO4/c1-4-15(2,3)13(18)20-11-9-5-6-10-12(11)21-14(19)16(10,7-9)8-17/h9-12H,4-7H2,1-3H3. The Morgan fingerprint density at radius 3 is 2.86 bits per heavy atom. The van der Waals surface area contributed by atoms with Gasteiger partial charge in [0.25, 0.3) is 0 Å². The predicted octanol–water partition coefficient (Wildman–Crippen LogP) is 2.20. The largest absolute Gasteiger partial charge is 0.458 e. The maximum Gasteiger partial charge on any atom is 0.327 e. The fourth-order valence-electron chi connectivity index (χ4n) is 3.91. The first-order chi connectivity index (χ1) is 9.85. The third kappa shape index (κ3) is 1.81. The van der Waals surface area contributed by atoms with Crippen molar-refractivity contribution in [3.05, 3.63) is 0 Å². The van der Waals surface area contributed by atoms with Gasteiger partial charge in [-0.05, 0) is 39.5 Å². The number of fused-ring (bicyclic) bond motifs is 1. The summed E-state index contributed by atoms with van der Waals surface area (Å²) in [5.41, 5.74) is -1.53. The summed E-state index contributed by atoms with van der Waals surface area (Å²) in [5, 5.41) is 9.44. The van der Waals surface area contributed by atoms with Crippen molar-refractivity contribution in [1.29, 1.82) is 5.26 Å². The molecule has 1 aliphatic heterocycles.